The Hall–Kier alpha value is -2.91. The van der Waals surface area contributed by atoms with Crippen LogP contribution < -0.4 is 10.1 Å². The van der Waals surface area contributed by atoms with Gasteiger partial charge in [-0.15, -0.1) is 0 Å². The zero-order chi connectivity index (χ0) is 22.8. The summed E-state index contributed by atoms with van der Waals surface area (Å²) in [6.45, 7) is 0.610. The predicted octanol–water partition coefficient (Wildman–Crippen LogP) is 6.14. The summed E-state index contributed by atoms with van der Waals surface area (Å²) in [5, 5.41) is 2.18. The van der Waals surface area contributed by atoms with E-state index >= 15 is 0 Å². The number of amides is 2. The lowest BCUT2D eigenvalue weighted by atomic mass is 9.89. The van der Waals surface area contributed by atoms with Crippen molar-refractivity contribution in [3.8, 4) is 5.75 Å². The van der Waals surface area contributed by atoms with Crippen LogP contribution in [0.3, 0.4) is 0 Å². The Bertz CT molecular complexity index is 902. The lowest BCUT2D eigenvalue weighted by Gasteiger charge is -2.32. The minimum atomic E-state index is -4.98. The largest absolute Gasteiger partial charge is 0.496 e. The third-order valence-corrected chi connectivity index (χ3v) is 5.20. The molecule has 1 saturated heterocycles. The highest BCUT2D eigenvalue weighted by molar-refractivity contribution is 5.89. The Morgan fingerprint density at radius 3 is 2.03 bits per heavy atom. The van der Waals surface area contributed by atoms with E-state index in [-0.39, 0.29) is 12.0 Å². The maximum Gasteiger partial charge on any atom is 0.416 e. The van der Waals surface area contributed by atoms with E-state index in [1.54, 1.807) is 7.11 Å². The van der Waals surface area contributed by atoms with Gasteiger partial charge in [-0.25, -0.2) is 4.79 Å². The highest BCUT2D eigenvalue weighted by Gasteiger charge is 2.37. The molecule has 0 spiro atoms. The Balaban J connectivity index is 1.71. The molecule has 1 aliphatic heterocycles. The molecule has 0 saturated carbocycles. The minimum Gasteiger partial charge on any atom is -0.496 e. The zero-order valence-electron chi connectivity index (χ0n) is 16.5. The molecular weight excluding hydrogens is 426 g/mol. The van der Waals surface area contributed by atoms with E-state index in [1.165, 1.54) is 4.90 Å². The number of methoxy groups -OCH3 is 1. The Morgan fingerprint density at radius 2 is 1.52 bits per heavy atom. The SMILES string of the molecule is COc1ccccc1C1CCN(C(=O)Nc2cc(C(F)(F)F)cc(C(F)(F)F)c2)CC1. The van der Waals surface area contributed by atoms with Crippen LogP contribution in [-0.4, -0.2) is 31.1 Å². The second kappa shape index (κ2) is 8.68. The number of rotatable bonds is 3. The summed E-state index contributed by atoms with van der Waals surface area (Å²) in [6.07, 6.45) is -8.78. The van der Waals surface area contributed by atoms with Crippen molar-refractivity contribution in [2.24, 2.45) is 0 Å². The van der Waals surface area contributed by atoms with Crippen molar-refractivity contribution in [3.05, 3.63) is 59.2 Å². The average Bonchev–Trinajstić information content (AvgIpc) is 2.72. The number of ether oxygens (including phenoxy) is 1. The van der Waals surface area contributed by atoms with E-state index in [4.69, 9.17) is 4.74 Å². The smallest absolute Gasteiger partial charge is 0.416 e. The Kier molecular flexibility index (Phi) is 6.38. The Labute approximate surface area is 174 Å². The van der Waals surface area contributed by atoms with Gasteiger partial charge in [-0.05, 0) is 48.6 Å². The molecule has 1 N–H and O–H groups in total. The van der Waals surface area contributed by atoms with Crippen LogP contribution in [0.4, 0.5) is 36.8 Å². The average molecular weight is 446 g/mol. The predicted molar refractivity (Wildman–Crippen MR) is 102 cm³/mol. The Morgan fingerprint density at radius 1 is 0.968 bits per heavy atom. The maximum atomic E-state index is 13.0. The van der Waals surface area contributed by atoms with Gasteiger partial charge in [0.2, 0.25) is 0 Å². The number of anilines is 1. The number of nitrogens with zero attached hydrogens (tertiary/aromatic N) is 1. The zero-order valence-corrected chi connectivity index (χ0v) is 16.5. The van der Waals surface area contributed by atoms with Crippen molar-refractivity contribution >= 4 is 11.7 Å². The molecule has 2 amide bonds. The summed E-state index contributed by atoms with van der Waals surface area (Å²) in [5.74, 6) is 0.861. The van der Waals surface area contributed by atoms with Crippen LogP contribution in [-0.2, 0) is 12.4 Å². The van der Waals surface area contributed by atoms with E-state index < -0.39 is 35.2 Å². The van der Waals surface area contributed by atoms with Crippen LogP contribution in [0.2, 0.25) is 0 Å². The molecule has 0 aromatic heterocycles. The van der Waals surface area contributed by atoms with E-state index in [1.807, 2.05) is 24.3 Å². The summed E-state index contributed by atoms with van der Waals surface area (Å²) in [5.41, 5.74) is -2.52. The monoisotopic (exact) mass is 446 g/mol. The highest BCUT2D eigenvalue weighted by Crippen LogP contribution is 2.38. The second-order valence-corrected chi connectivity index (χ2v) is 7.23. The maximum absolute atomic E-state index is 13.0. The molecule has 168 valence electrons. The number of piperidine rings is 1. The van der Waals surface area contributed by atoms with Crippen molar-refractivity contribution in [1.82, 2.24) is 4.90 Å². The number of hydrogen-bond donors (Lipinski definition) is 1. The molecule has 1 fully saturated rings. The molecule has 4 nitrogen and oxygen atoms in total. The number of alkyl halides is 6. The fraction of sp³-hybridized carbons (Fsp3) is 0.381. The second-order valence-electron chi connectivity index (χ2n) is 7.23. The van der Waals surface area contributed by atoms with E-state index in [2.05, 4.69) is 5.32 Å². The van der Waals surface area contributed by atoms with Gasteiger partial charge in [0.05, 0.1) is 18.2 Å². The van der Waals surface area contributed by atoms with Crippen molar-refractivity contribution in [3.63, 3.8) is 0 Å². The first-order valence-corrected chi connectivity index (χ1v) is 9.47. The number of carbonyl (C=O) groups is 1. The van der Waals surface area contributed by atoms with Gasteiger partial charge in [-0.3, -0.25) is 0 Å². The summed E-state index contributed by atoms with van der Waals surface area (Å²) in [4.78, 5) is 13.9. The number of benzene rings is 2. The molecule has 0 atom stereocenters. The van der Waals surface area contributed by atoms with Gasteiger partial charge >= 0.3 is 18.4 Å². The number of para-hydroxylation sites is 1. The van der Waals surface area contributed by atoms with Crippen molar-refractivity contribution < 1.29 is 35.9 Å². The van der Waals surface area contributed by atoms with Crippen LogP contribution in [0.25, 0.3) is 0 Å². The van der Waals surface area contributed by atoms with E-state index in [0.717, 1.165) is 11.3 Å². The topological polar surface area (TPSA) is 41.6 Å². The first-order valence-electron chi connectivity index (χ1n) is 9.47. The third-order valence-electron chi connectivity index (χ3n) is 5.20. The van der Waals surface area contributed by atoms with Crippen LogP contribution in [0.15, 0.2) is 42.5 Å². The van der Waals surface area contributed by atoms with Crippen LogP contribution in [0.1, 0.15) is 35.4 Å². The number of nitrogens with one attached hydrogen (secondary N) is 1. The molecule has 31 heavy (non-hydrogen) atoms. The van der Waals surface area contributed by atoms with Gasteiger partial charge in [0.1, 0.15) is 5.75 Å². The number of carbonyl (C=O) groups excluding carboxylic acids is 1. The molecule has 0 bridgehead atoms. The summed E-state index contributed by atoms with van der Waals surface area (Å²) >= 11 is 0. The normalized spacial score (nSPS) is 15.6. The lowest BCUT2D eigenvalue weighted by molar-refractivity contribution is -0.143. The summed E-state index contributed by atoms with van der Waals surface area (Å²) < 4.78 is 83.3. The molecule has 10 heteroatoms. The van der Waals surface area contributed by atoms with E-state index in [0.29, 0.717) is 38.1 Å². The molecular formula is C21H20F6N2O2. The fourth-order valence-corrected chi connectivity index (χ4v) is 3.63. The van der Waals surface area contributed by atoms with Gasteiger partial charge in [-0.1, -0.05) is 18.2 Å². The van der Waals surface area contributed by atoms with Crippen LogP contribution in [0.5, 0.6) is 5.75 Å². The highest BCUT2D eigenvalue weighted by atomic mass is 19.4. The van der Waals surface area contributed by atoms with Crippen LogP contribution in [0, 0.1) is 0 Å². The number of hydrogen-bond acceptors (Lipinski definition) is 2. The quantitative estimate of drug-likeness (QED) is 0.575. The number of likely N-dealkylation sites (tertiary alicyclic amines) is 1. The number of halogens is 6. The van der Waals surface area contributed by atoms with Gasteiger partial charge in [-0.2, -0.15) is 26.3 Å². The van der Waals surface area contributed by atoms with Gasteiger partial charge in [0.25, 0.3) is 0 Å². The first-order chi connectivity index (χ1) is 14.5. The first kappa shape index (κ1) is 22.8. The van der Waals surface area contributed by atoms with Gasteiger partial charge < -0.3 is 15.0 Å². The lowest BCUT2D eigenvalue weighted by Crippen LogP contribution is -2.40. The molecule has 3 rings (SSSR count). The standard InChI is InChI=1S/C21H20F6N2O2/c1-31-18-5-3-2-4-17(18)13-6-8-29(9-7-13)19(30)28-16-11-14(20(22,23)24)10-15(12-16)21(25,26)27/h2-5,10-13H,6-9H2,1H3,(H,28,30). The molecule has 0 unspecified atom stereocenters. The molecule has 2 aromatic carbocycles. The third kappa shape index (κ3) is 5.42. The van der Waals surface area contributed by atoms with Gasteiger partial charge in [0, 0.05) is 18.8 Å². The fourth-order valence-electron chi connectivity index (χ4n) is 3.63. The van der Waals surface area contributed by atoms with Gasteiger partial charge in [0.15, 0.2) is 0 Å². The van der Waals surface area contributed by atoms with Crippen molar-refractivity contribution in [2.45, 2.75) is 31.1 Å². The summed E-state index contributed by atoms with van der Waals surface area (Å²) in [6, 6.07) is 7.75. The van der Waals surface area contributed by atoms with Crippen molar-refractivity contribution in [1.29, 1.82) is 0 Å². The molecule has 1 aliphatic rings. The molecule has 2 aromatic rings. The minimum absolute atomic E-state index is 0.0222. The number of urea groups is 1. The van der Waals surface area contributed by atoms with E-state index in [9.17, 15) is 31.1 Å². The van der Waals surface area contributed by atoms with Crippen LogP contribution >= 0.6 is 0 Å². The van der Waals surface area contributed by atoms with Crippen molar-refractivity contribution in [2.75, 3.05) is 25.5 Å². The molecule has 0 radical (unpaired) electrons. The molecule has 0 aliphatic carbocycles. The summed E-state index contributed by atoms with van der Waals surface area (Å²) in [7, 11) is 1.56. The molecule has 1 heterocycles.